The SMILES string of the molecule is NC(=O)[C@H]1CN(C(=O)[C@@H]2CC(=O)N(Cc3ccco3)C2)c2ccccc2O1. The zero-order valence-electron chi connectivity index (χ0n) is 14.5. The second-order valence-corrected chi connectivity index (χ2v) is 6.68. The quantitative estimate of drug-likeness (QED) is 0.862. The van der Waals surface area contributed by atoms with Gasteiger partial charge in [-0.15, -0.1) is 0 Å². The first-order valence-corrected chi connectivity index (χ1v) is 8.69. The predicted molar refractivity (Wildman–Crippen MR) is 94.6 cm³/mol. The Bertz CT molecular complexity index is 879. The van der Waals surface area contributed by atoms with Crippen molar-refractivity contribution in [2.75, 3.05) is 18.0 Å². The number of nitrogens with zero attached hydrogens (tertiary/aromatic N) is 2. The largest absolute Gasteiger partial charge is 0.477 e. The molecule has 4 rings (SSSR count). The minimum Gasteiger partial charge on any atom is -0.477 e. The highest BCUT2D eigenvalue weighted by Crippen LogP contribution is 2.35. The van der Waals surface area contributed by atoms with Crippen molar-refractivity contribution in [2.45, 2.75) is 19.1 Å². The highest BCUT2D eigenvalue weighted by molar-refractivity contribution is 6.01. The van der Waals surface area contributed by atoms with Crippen molar-refractivity contribution in [3.63, 3.8) is 0 Å². The summed E-state index contributed by atoms with van der Waals surface area (Å²) in [7, 11) is 0. The third kappa shape index (κ3) is 3.25. The van der Waals surface area contributed by atoms with E-state index >= 15 is 0 Å². The Labute approximate surface area is 155 Å². The van der Waals surface area contributed by atoms with E-state index in [4.69, 9.17) is 14.9 Å². The molecule has 2 N–H and O–H groups in total. The number of benzene rings is 1. The van der Waals surface area contributed by atoms with Crippen molar-refractivity contribution < 1.29 is 23.5 Å². The van der Waals surface area contributed by atoms with Crippen molar-refractivity contribution in [1.82, 2.24) is 4.90 Å². The molecule has 2 atom stereocenters. The van der Waals surface area contributed by atoms with E-state index in [-0.39, 0.29) is 24.8 Å². The molecule has 0 spiro atoms. The summed E-state index contributed by atoms with van der Waals surface area (Å²) in [5.74, 6) is -0.346. The molecule has 27 heavy (non-hydrogen) atoms. The number of furan rings is 1. The molecular formula is C19H19N3O5. The smallest absolute Gasteiger partial charge is 0.260 e. The van der Waals surface area contributed by atoms with E-state index in [0.717, 1.165) is 0 Å². The van der Waals surface area contributed by atoms with Crippen LogP contribution in [0, 0.1) is 5.92 Å². The van der Waals surface area contributed by atoms with Gasteiger partial charge in [-0.3, -0.25) is 14.4 Å². The average Bonchev–Trinajstić information content (AvgIpc) is 3.30. The third-order valence-electron chi connectivity index (χ3n) is 4.85. The molecule has 3 amide bonds. The number of anilines is 1. The molecule has 1 aromatic heterocycles. The van der Waals surface area contributed by atoms with Crippen LogP contribution in [0.5, 0.6) is 5.75 Å². The van der Waals surface area contributed by atoms with E-state index in [9.17, 15) is 14.4 Å². The Morgan fingerprint density at radius 3 is 2.70 bits per heavy atom. The molecule has 2 aromatic rings. The molecular weight excluding hydrogens is 350 g/mol. The Kier molecular flexibility index (Phi) is 4.31. The highest BCUT2D eigenvalue weighted by atomic mass is 16.5. The maximum absolute atomic E-state index is 13.1. The summed E-state index contributed by atoms with van der Waals surface area (Å²) in [6, 6.07) is 10.5. The van der Waals surface area contributed by atoms with E-state index in [0.29, 0.717) is 30.3 Å². The van der Waals surface area contributed by atoms with E-state index in [1.54, 1.807) is 47.6 Å². The second-order valence-electron chi connectivity index (χ2n) is 6.68. The molecule has 0 aliphatic carbocycles. The topological polar surface area (TPSA) is 106 Å². The monoisotopic (exact) mass is 369 g/mol. The highest BCUT2D eigenvalue weighted by Gasteiger charge is 2.40. The first-order chi connectivity index (χ1) is 13.0. The number of carbonyl (C=O) groups excluding carboxylic acids is 3. The summed E-state index contributed by atoms with van der Waals surface area (Å²) in [6.07, 6.45) is 0.758. The zero-order valence-corrected chi connectivity index (χ0v) is 14.5. The number of primary amides is 1. The number of hydrogen-bond acceptors (Lipinski definition) is 5. The molecule has 0 saturated carbocycles. The maximum Gasteiger partial charge on any atom is 0.260 e. The molecule has 0 radical (unpaired) electrons. The third-order valence-corrected chi connectivity index (χ3v) is 4.85. The standard InChI is InChI=1S/C19H19N3O5/c20-18(24)16-11-22(14-5-1-2-6-15(14)27-16)19(25)12-8-17(23)21(9-12)10-13-4-3-7-26-13/h1-7,12,16H,8-11H2,(H2,20,24)/t12-,16-/m1/s1. The molecule has 1 fully saturated rings. The van der Waals surface area contributed by atoms with E-state index < -0.39 is 17.9 Å². The van der Waals surface area contributed by atoms with Gasteiger partial charge in [0.1, 0.15) is 11.5 Å². The second kappa shape index (κ2) is 6.79. The Hall–Kier alpha value is -3.29. The molecule has 8 nitrogen and oxygen atoms in total. The lowest BCUT2D eigenvalue weighted by Gasteiger charge is -2.34. The number of fused-ring (bicyclic) bond motifs is 1. The summed E-state index contributed by atoms with van der Waals surface area (Å²) in [5, 5.41) is 0. The van der Waals surface area contributed by atoms with Gasteiger partial charge in [0.15, 0.2) is 6.10 Å². The number of hydrogen-bond donors (Lipinski definition) is 1. The zero-order chi connectivity index (χ0) is 19.0. The minimum atomic E-state index is -0.917. The number of likely N-dealkylation sites (tertiary alicyclic amines) is 1. The van der Waals surface area contributed by atoms with Crippen LogP contribution in [0.15, 0.2) is 47.1 Å². The number of nitrogens with two attached hydrogens (primary N) is 1. The lowest BCUT2D eigenvalue weighted by molar-refractivity contribution is -0.129. The van der Waals surface area contributed by atoms with Crippen LogP contribution in [-0.4, -0.2) is 41.8 Å². The van der Waals surface area contributed by atoms with Gasteiger partial charge in [-0.2, -0.15) is 0 Å². The van der Waals surface area contributed by atoms with Crippen LogP contribution in [0.3, 0.4) is 0 Å². The maximum atomic E-state index is 13.1. The lowest BCUT2D eigenvalue weighted by Crippen LogP contribution is -2.51. The molecule has 0 bridgehead atoms. The number of carbonyl (C=O) groups is 3. The van der Waals surface area contributed by atoms with Crippen molar-refractivity contribution in [1.29, 1.82) is 0 Å². The summed E-state index contributed by atoms with van der Waals surface area (Å²) < 4.78 is 10.9. The molecule has 2 aliphatic rings. The number of ether oxygens (including phenoxy) is 1. The Balaban J connectivity index is 1.53. The predicted octanol–water partition coefficient (Wildman–Crippen LogP) is 0.908. The van der Waals surface area contributed by atoms with Gasteiger partial charge in [0.2, 0.25) is 11.8 Å². The van der Waals surface area contributed by atoms with E-state index in [2.05, 4.69) is 0 Å². The van der Waals surface area contributed by atoms with Crippen LogP contribution >= 0.6 is 0 Å². The van der Waals surface area contributed by atoms with Gasteiger partial charge in [0, 0.05) is 13.0 Å². The average molecular weight is 369 g/mol. The molecule has 140 valence electrons. The van der Waals surface area contributed by atoms with Crippen LogP contribution in [0.4, 0.5) is 5.69 Å². The van der Waals surface area contributed by atoms with Crippen molar-refractivity contribution >= 4 is 23.4 Å². The summed E-state index contributed by atoms with van der Waals surface area (Å²) in [5.41, 5.74) is 5.97. The van der Waals surface area contributed by atoms with Crippen molar-refractivity contribution in [3.8, 4) is 5.75 Å². The van der Waals surface area contributed by atoms with Gasteiger partial charge >= 0.3 is 0 Å². The molecule has 8 heteroatoms. The van der Waals surface area contributed by atoms with Crippen molar-refractivity contribution in [3.05, 3.63) is 48.4 Å². The number of amides is 3. The summed E-state index contributed by atoms with van der Waals surface area (Å²) in [6.45, 7) is 0.673. The van der Waals surface area contributed by atoms with Crippen molar-refractivity contribution in [2.24, 2.45) is 11.7 Å². The number of rotatable bonds is 4. The van der Waals surface area contributed by atoms with Gasteiger partial charge in [0.25, 0.3) is 5.91 Å². The van der Waals surface area contributed by atoms with Gasteiger partial charge < -0.3 is 24.7 Å². The summed E-state index contributed by atoms with van der Waals surface area (Å²) in [4.78, 5) is 40.2. The minimum absolute atomic E-state index is 0.0358. The first kappa shape index (κ1) is 17.1. The Morgan fingerprint density at radius 1 is 1.15 bits per heavy atom. The lowest BCUT2D eigenvalue weighted by atomic mass is 10.0. The number of para-hydroxylation sites is 2. The molecule has 2 aliphatic heterocycles. The van der Waals surface area contributed by atoms with Crippen LogP contribution in [-0.2, 0) is 20.9 Å². The van der Waals surface area contributed by atoms with Gasteiger partial charge in [-0.1, -0.05) is 12.1 Å². The summed E-state index contributed by atoms with van der Waals surface area (Å²) >= 11 is 0. The van der Waals surface area contributed by atoms with Gasteiger partial charge in [-0.05, 0) is 24.3 Å². The van der Waals surface area contributed by atoms with Crippen LogP contribution in [0.25, 0.3) is 0 Å². The van der Waals surface area contributed by atoms with E-state index in [1.807, 2.05) is 0 Å². The molecule has 1 aromatic carbocycles. The fourth-order valence-electron chi connectivity index (χ4n) is 3.49. The molecule has 1 saturated heterocycles. The van der Waals surface area contributed by atoms with Gasteiger partial charge in [-0.25, -0.2) is 0 Å². The van der Waals surface area contributed by atoms with Crippen LogP contribution < -0.4 is 15.4 Å². The Morgan fingerprint density at radius 2 is 1.96 bits per heavy atom. The van der Waals surface area contributed by atoms with E-state index in [1.165, 1.54) is 4.90 Å². The molecule has 0 unspecified atom stereocenters. The van der Waals surface area contributed by atoms with Crippen LogP contribution in [0.1, 0.15) is 12.2 Å². The van der Waals surface area contributed by atoms with Crippen LogP contribution in [0.2, 0.25) is 0 Å². The normalized spacial score (nSPS) is 21.7. The molecule has 3 heterocycles. The fourth-order valence-corrected chi connectivity index (χ4v) is 3.49. The fraction of sp³-hybridized carbons (Fsp3) is 0.316. The van der Waals surface area contributed by atoms with Gasteiger partial charge in [0.05, 0.1) is 31.0 Å². The first-order valence-electron chi connectivity index (χ1n) is 8.69.